The molecule has 0 aliphatic carbocycles. The molecular formula is C21H13IrN2-. The van der Waals surface area contributed by atoms with Crippen LogP contribution in [-0.4, -0.2) is 9.78 Å². The van der Waals surface area contributed by atoms with E-state index in [-0.39, 0.29) is 20.1 Å². The molecule has 0 N–H and O–H groups in total. The van der Waals surface area contributed by atoms with Gasteiger partial charge in [0.1, 0.15) is 0 Å². The van der Waals surface area contributed by atoms with Crippen molar-refractivity contribution in [1.82, 2.24) is 9.78 Å². The molecule has 0 fully saturated rings. The maximum Gasteiger partial charge on any atom is 0.0493 e. The van der Waals surface area contributed by atoms with E-state index in [4.69, 9.17) is 0 Å². The second-order valence-corrected chi connectivity index (χ2v) is 5.69. The van der Waals surface area contributed by atoms with Crippen LogP contribution >= 0.6 is 0 Å². The molecule has 117 valence electrons. The topological polar surface area (TPSA) is 17.8 Å². The zero-order valence-corrected chi connectivity index (χ0v) is 15.1. The second-order valence-electron chi connectivity index (χ2n) is 5.69. The zero-order valence-electron chi connectivity index (χ0n) is 12.7. The Morgan fingerprint density at radius 1 is 0.708 bits per heavy atom. The Hall–Kier alpha value is -2.48. The molecule has 1 heterocycles. The van der Waals surface area contributed by atoms with Gasteiger partial charge >= 0.3 is 0 Å². The van der Waals surface area contributed by atoms with Crippen LogP contribution in [-0.2, 0) is 20.1 Å². The smallest absolute Gasteiger partial charge is 0.0493 e. The monoisotopic (exact) mass is 486 g/mol. The predicted molar refractivity (Wildman–Crippen MR) is 94.9 cm³/mol. The molecule has 0 bridgehead atoms. The quantitative estimate of drug-likeness (QED) is 0.238. The average molecular weight is 486 g/mol. The van der Waals surface area contributed by atoms with Crippen LogP contribution in [0.1, 0.15) is 0 Å². The molecule has 0 amide bonds. The van der Waals surface area contributed by atoms with Gasteiger partial charge in [-0.2, -0.15) is 17.2 Å². The molecule has 0 spiro atoms. The van der Waals surface area contributed by atoms with Crippen LogP contribution < -0.4 is 0 Å². The summed E-state index contributed by atoms with van der Waals surface area (Å²) in [4.78, 5) is 0. The van der Waals surface area contributed by atoms with Gasteiger partial charge in [-0.05, 0) is 27.9 Å². The molecule has 2 nitrogen and oxygen atoms in total. The average Bonchev–Trinajstić information content (AvgIpc) is 3.16. The Bertz CT molecular complexity index is 1130. The van der Waals surface area contributed by atoms with Crippen molar-refractivity contribution < 1.29 is 20.1 Å². The standard InChI is InChI=1S/C21H13N2.Ir/c1-2-8-18-16(6-1)17-7-3-4-9-19(17)21-14-15(10-11-20(18)21)23-13-5-12-22-23;/h1-9,11-14H;/q-1;. The largest absolute Gasteiger partial charge is 0.266 e. The minimum absolute atomic E-state index is 0. The van der Waals surface area contributed by atoms with Gasteiger partial charge in [0.05, 0.1) is 0 Å². The Morgan fingerprint density at radius 3 is 1.88 bits per heavy atom. The van der Waals surface area contributed by atoms with Gasteiger partial charge in [-0.15, -0.1) is 16.8 Å². The first-order valence-corrected chi connectivity index (χ1v) is 7.67. The van der Waals surface area contributed by atoms with Crippen molar-refractivity contribution in [2.45, 2.75) is 0 Å². The fraction of sp³-hybridized carbons (Fsp3) is 0. The third-order valence-corrected chi connectivity index (χ3v) is 4.41. The first-order valence-electron chi connectivity index (χ1n) is 7.67. The van der Waals surface area contributed by atoms with Crippen molar-refractivity contribution >= 4 is 32.3 Å². The molecule has 4 aromatic carbocycles. The van der Waals surface area contributed by atoms with Gasteiger partial charge in [0.2, 0.25) is 0 Å². The molecular weight excluding hydrogens is 472 g/mol. The number of aromatic nitrogens is 2. The van der Waals surface area contributed by atoms with E-state index in [1.54, 1.807) is 6.20 Å². The number of hydrogen-bond acceptors (Lipinski definition) is 1. The van der Waals surface area contributed by atoms with E-state index in [1.165, 1.54) is 32.3 Å². The predicted octanol–water partition coefficient (Wildman–Crippen LogP) is 5.13. The van der Waals surface area contributed by atoms with Crippen molar-refractivity contribution in [1.29, 1.82) is 0 Å². The fourth-order valence-electron chi connectivity index (χ4n) is 3.37. The number of nitrogens with zero attached hydrogens (tertiary/aromatic N) is 2. The minimum atomic E-state index is 0. The van der Waals surface area contributed by atoms with Crippen LogP contribution in [0.3, 0.4) is 0 Å². The van der Waals surface area contributed by atoms with Crippen molar-refractivity contribution in [3.8, 4) is 5.69 Å². The van der Waals surface area contributed by atoms with Gasteiger partial charge in [0.15, 0.2) is 0 Å². The van der Waals surface area contributed by atoms with E-state index < -0.39 is 0 Å². The van der Waals surface area contributed by atoms with Crippen LogP contribution in [0, 0.1) is 6.07 Å². The van der Waals surface area contributed by atoms with Crippen molar-refractivity contribution in [2.24, 2.45) is 0 Å². The van der Waals surface area contributed by atoms with Crippen molar-refractivity contribution in [2.75, 3.05) is 0 Å². The first-order chi connectivity index (χ1) is 11.4. The molecule has 0 atom stereocenters. The summed E-state index contributed by atoms with van der Waals surface area (Å²) in [6, 6.07) is 26.7. The van der Waals surface area contributed by atoms with Gasteiger partial charge < -0.3 is 0 Å². The third-order valence-electron chi connectivity index (χ3n) is 4.41. The molecule has 5 rings (SSSR count). The molecule has 0 unspecified atom stereocenters. The van der Waals surface area contributed by atoms with E-state index in [0.29, 0.717) is 0 Å². The fourth-order valence-corrected chi connectivity index (χ4v) is 3.37. The van der Waals surface area contributed by atoms with Crippen LogP contribution in [0.5, 0.6) is 0 Å². The van der Waals surface area contributed by atoms with Gasteiger partial charge in [-0.3, -0.25) is 4.68 Å². The molecule has 24 heavy (non-hydrogen) atoms. The van der Waals surface area contributed by atoms with Gasteiger partial charge in [0.25, 0.3) is 0 Å². The maximum atomic E-state index is 4.32. The van der Waals surface area contributed by atoms with E-state index in [2.05, 4.69) is 71.8 Å². The molecule has 1 radical (unpaired) electrons. The van der Waals surface area contributed by atoms with Crippen LogP contribution in [0.4, 0.5) is 0 Å². The molecule has 0 aliphatic rings. The molecule has 0 aliphatic heterocycles. The van der Waals surface area contributed by atoms with E-state index >= 15 is 0 Å². The maximum absolute atomic E-state index is 4.32. The number of fused-ring (bicyclic) bond motifs is 6. The van der Waals surface area contributed by atoms with Crippen LogP contribution in [0.2, 0.25) is 0 Å². The van der Waals surface area contributed by atoms with Crippen LogP contribution in [0.15, 0.2) is 79.1 Å². The summed E-state index contributed by atoms with van der Waals surface area (Å²) in [6.07, 6.45) is 3.73. The molecule has 0 saturated heterocycles. The van der Waals surface area contributed by atoms with Gasteiger partial charge in [-0.1, -0.05) is 53.9 Å². The molecule has 3 heteroatoms. The Labute approximate surface area is 153 Å². The van der Waals surface area contributed by atoms with E-state index in [0.717, 1.165) is 5.69 Å². The van der Waals surface area contributed by atoms with E-state index in [1.807, 2.05) is 16.9 Å². The summed E-state index contributed by atoms with van der Waals surface area (Å²) in [5, 5.41) is 11.9. The number of rotatable bonds is 1. The zero-order chi connectivity index (χ0) is 15.2. The van der Waals surface area contributed by atoms with Crippen molar-refractivity contribution in [3.05, 3.63) is 85.2 Å². The minimum Gasteiger partial charge on any atom is -0.266 e. The Kier molecular flexibility index (Phi) is 3.68. The third kappa shape index (κ3) is 2.17. The molecule has 0 saturated carbocycles. The van der Waals surface area contributed by atoms with Crippen LogP contribution in [0.25, 0.3) is 38.0 Å². The summed E-state index contributed by atoms with van der Waals surface area (Å²) < 4.78 is 1.85. The summed E-state index contributed by atoms with van der Waals surface area (Å²) in [5.74, 6) is 0. The first kappa shape index (κ1) is 15.1. The second kappa shape index (κ2) is 5.86. The van der Waals surface area contributed by atoms with Gasteiger partial charge in [-0.25, -0.2) is 0 Å². The van der Waals surface area contributed by atoms with Gasteiger partial charge in [0, 0.05) is 32.5 Å². The van der Waals surface area contributed by atoms with Crippen molar-refractivity contribution in [3.63, 3.8) is 0 Å². The summed E-state index contributed by atoms with van der Waals surface area (Å²) in [5.41, 5.74) is 0.961. The SMILES string of the molecule is [Ir].[c-]1cc2c3ccccc3c3ccccc3c2cc1-n1cccn1. The Morgan fingerprint density at radius 2 is 1.29 bits per heavy atom. The number of hydrogen-bond donors (Lipinski definition) is 0. The number of benzene rings is 4. The van der Waals surface area contributed by atoms with E-state index in [9.17, 15) is 0 Å². The normalized spacial score (nSPS) is 11.0. The molecule has 1 aromatic heterocycles. The summed E-state index contributed by atoms with van der Waals surface area (Å²) in [6.45, 7) is 0. The summed E-state index contributed by atoms with van der Waals surface area (Å²) in [7, 11) is 0. The Balaban J connectivity index is 0.00000146. The summed E-state index contributed by atoms with van der Waals surface area (Å²) >= 11 is 0. The molecule has 5 aromatic rings.